The van der Waals surface area contributed by atoms with Crippen molar-refractivity contribution in [3.05, 3.63) is 57.2 Å². The third-order valence-corrected chi connectivity index (χ3v) is 4.82. The van der Waals surface area contributed by atoms with Gasteiger partial charge in [0.2, 0.25) is 0 Å². The Kier molecular flexibility index (Phi) is 7.28. The lowest BCUT2D eigenvalue weighted by Crippen LogP contribution is -2.31. The summed E-state index contributed by atoms with van der Waals surface area (Å²) in [6.07, 6.45) is 5.93. The van der Waals surface area contributed by atoms with Crippen molar-refractivity contribution in [3.63, 3.8) is 0 Å². The molecule has 0 fully saturated rings. The molecule has 2 aromatic rings. The van der Waals surface area contributed by atoms with Crippen LogP contribution in [0.1, 0.15) is 36.6 Å². The van der Waals surface area contributed by atoms with Crippen LogP contribution in [0.4, 0.5) is 0 Å². The van der Waals surface area contributed by atoms with Gasteiger partial charge in [-0.1, -0.05) is 36.7 Å². The van der Waals surface area contributed by atoms with Crippen LogP contribution in [0.3, 0.4) is 0 Å². The lowest BCUT2D eigenvalue weighted by molar-refractivity contribution is 0.465. The first kappa shape index (κ1) is 16.5. The maximum atomic E-state index is 5.96. The van der Waals surface area contributed by atoms with E-state index >= 15 is 0 Å². The smallest absolute Gasteiger partial charge is 0.0406 e. The molecule has 1 nitrogen and oxygen atoms in total. The highest BCUT2D eigenvalue weighted by atomic mass is 35.5. The second kappa shape index (κ2) is 9.24. The van der Waals surface area contributed by atoms with Gasteiger partial charge in [0.25, 0.3) is 0 Å². The monoisotopic (exact) mass is 321 g/mol. The third-order valence-electron chi connectivity index (χ3n) is 3.63. The lowest BCUT2D eigenvalue weighted by atomic mass is 10.0. The van der Waals surface area contributed by atoms with Crippen molar-refractivity contribution in [2.45, 2.75) is 45.1 Å². The van der Waals surface area contributed by atoms with Crippen LogP contribution in [0, 0.1) is 0 Å². The zero-order chi connectivity index (χ0) is 14.9. The van der Waals surface area contributed by atoms with Crippen LogP contribution in [-0.2, 0) is 12.8 Å². The van der Waals surface area contributed by atoms with Gasteiger partial charge in [-0.25, -0.2) is 0 Å². The van der Waals surface area contributed by atoms with Crippen molar-refractivity contribution in [1.82, 2.24) is 5.32 Å². The number of benzene rings is 1. The van der Waals surface area contributed by atoms with Crippen LogP contribution < -0.4 is 5.32 Å². The highest BCUT2D eigenvalue weighted by molar-refractivity contribution is 7.09. The van der Waals surface area contributed by atoms with Crippen LogP contribution in [-0.4, -0.2) is 12.6 Å². The first-order chi connectivity index (χ1) is 10.3. The fourth-order valence-electron chi connectivity index (χ4n) is 2.51. The van der Waals surface area contributed by atoms with Gasteiger partial charge in [-0.15, -0.1) is 11.3 Å². The Morgan fingerprint density at radius 2 is 2.00 bits per heavy atom. The minimum Gasteiger partial charge on any atom is -0.314 e. The molecule has 3 heteroatoms. The summed E-state index contributed by atoms with van der Waals surface area (Å²) in [4.78, 5) is 1.50. The molecule has 0 aliphatic rings. The minimum atomic E-state index is 0.561. The highest BCUT2D eigenvalue weighted by Gasteiger charge is 2.09. The Morgan fingerprint density at radius 3 is 2.67 bits per heavy atom. The zero-order valence-electron chi connectivity index (χ0n) is 12.6. The summed E-state index contributed by atoms with van der Waals surface area (Å²) in [5.74, 6) is 0. The first-order valence-electron chi connectivity index (χ1n) is 7.78. The quantitative estimate of drug-likeness (QED) is 0.657. The van der Waals surface area contributed by atoms with E-state index in [1.807, 2.05) is 23.5 Å². The Labute approximate surface area is 137 Å². The minimum absolute atomic E-state index is 0.561. The molecule has 0 saturated heterocycles. The summed E-state index contributed by atoms with van der Waals surface area (Å²) in [7, 11) is 0. The Balaban J connectivity index is 1.83. The van der Waals surface area contributed by atoms with E-state index in [4.69, 9.17) is 11.6 Å². The Hall–Kier alpha value is -0.830. The average Bonchev–Trinajstić information content (AvgIpc) is 3.00. The molecule has 2 rings (SSSR count). The van der Waals surface area contributed by atoms with E-state index in [1.165, 1.54) is 36.1 Å². The normalized spacial score (nSPS) is 12.5. The number of hydrogen-bond donors (Lipinski definition) is 1. The molecule has 1 atom stereocenters. The van der Waals surface area contributed by atoms with E-state index in [0.717, 1.165) is 18.0 Å². The second-order valence-corrected chi connectivity index (χ2v) is 6.92. The molecule has 0 bridgehead atoms. The van der Waals surface area contributed by atoms with Crippen molar-refractivity contribution in [1.29, 1.82) is 0 Å². The molecule has 1 aromatic carbocycles. The summed E-state index contributed by atoms with van der Waals surface area (Å²) in [6.45, 7) is 3.31. The number of thiophene rings is 1. The van der Waals surface area contributed by atoms with Crippen LogP contribution >= 0.6 is 22.9 Å². The average molecular weight is 322 g/mol. The van der Waals surface area contributed by atoms with E-state index in [-0.39, 0.29) is 0 Å². The summed E-state index contributed by atoms with van der Waals surface area (Å²) in [5.41, 5.74) is 1.36. The van der Waals surface area contributed by atoms with E-state index in [0.29, 0.717) is 6.04 Å². The summed E-state index contributed by atoms with van der Waals surface area (Å²) < 4.78 is 0. The van der Waals surface area contributed by atoms with Gasteiger partial charge in [0, 0.05) is 15.9 Å². The molecule has 0 aliphatic heterocycles. The molecule has 21 heavy (non-hydrogen) atoms. The number of aryl methyl sites for hydroxylation is 1. The van der Waals surface area contributed by atoms with Gasteiger partial charge in [-0.3, -0.25) is 0 Å². The SMILES string of the molecule is CCCNC(CCCc1cccs1)Cc1ccc(Cl)cc1. The van der Waals surface area contributed by atoms with E-state index < -0.39 is 0 Å². The van der Waals surface area contributed by atoms with Crippen LogP contribution in [0.2, 0.25) is 5.02 Å². The predicted molar refractivity (Wildman–Crippen MR) is 94.5 cm³/mol. The third kappa shape index (κ3) is 6.21. The molecule has 1 unspecified atom stereocenters. The molecule has 0 aliphatic carbocycles. The van der Waals surface area contributed by atoms with Crippen LogP contribution in [0.5, 0.6) is 0 Å². The van der Waals surface area contributed by atoms with Gasteiger partial charge in [0.05, 0.1) is 0 Å². The first-order valence-corrected chi connectivity index (χ1v) is 9.04. The molecule has 0 saturated carbocycles. The molecular weight excluding hydrogens is 298 g/mol. The molecule has 1 heterocycles. The molecular formula is C18H24ClNS. The number of nitrogens with one attached hydrogen (secondary N) is 1. The largest absolute Gasteiger partial charge is 0.314 e. The summed E-state index contributed by atoms with van der Waals surface area (Å²) >= 11 is 7.82. The zero-order valence-corrected chi connectivity index (χ0v) is 14.2. The number of halogens is 1. The van der Waals surface area contributed by atoms with Crippen molar-refractivity contribution in [3.8, 4) is 0 Å². The van der Waals surface area contributed by atoms with Gasteiger partial charge in [-0.2, -0.15) is 0 Å². The maximum absolute atomic E-state index is 5.96. The maximum Gasteiger partial charge on any atom is 0.0406 e. The molecule has 0 radical (unpaired) electrons. The van der Waals surface area contributed by atoms with Gasteiger partial charge in [0.1, 0.15) is 0 Å². The topological polar surface area (TPSA) is 12.0 Å². The van der Waals surface area contributed by atoms with Crippen molar-refractivity contribution in [2.75, 3.05) is 6.54 Å². The fourth-order valence-corrected chi connectivity index (χ4v) is 3.38. The van der Waals surface area contributed by atoms with Crippen molar-refractivity contribution in [2.24, 2.45) is 0 Å². The standard InChI is InChI=1S/C18H24ClNS/c1-2-12-20-17(5-3-6-18-7-4-13-21-18)14-15-8-10-16(19)11-9-15/h4,7-11,13,17,20H,2-3,5-6,12,14H2,1H3. The number of hydrogen-bond acceptors (Lipinski definition) is 2. The predicted octanol–water partition coefficient (Wildman–Crippen LogP) is 5.34. The Morgan fingerprint density at radius 1 is 1.19 bits per heavy atom. The van der Waals surface area contributed by atoms with Crippen molar-refractivity contribution < 1.29 is 0 Å². The van der Waals surface area contributed by atoms with Gasteiger partial charge < -0.3 is 5.32 Å². The molecule has 1 N–H and O–H groups in total. The molecule has 1 aromatic heterocycles. The van der Waals surface area contributed by atoms with E-state index in [1.54, 1.807) is 0 Å². The fraction of sp³-hybridized carbons (Fsp3) is 0.444. The molecule has 0 amide bonds. The lowest BCUT2D eigenvalue weighted by Gasteiger charge is -2.18. The van der Waals surface area contributed by atoms with Gasteiger partial charge in [0.15, 0.2) is 0 Å². The van der Waals surface area contributed by atoms with Gasteiger partial charge in [-0.05, 0) is 67.8 Å². The van der Waals surface area contributed by atoms with Gasteiger partial charge >= 0.3 is 0 Å². The molecule has 0 spiro atoms. The van der Waals surface area contributed by atoms with Crippen LogP contribution in [0.15, 0.2) is 41.8 Å². The van der Waals surface area contributed by atoms with E-state index in [9.17, 15) is 0 Å². The summed E-state index contributed by atoms with van der Waals surface area (Å²) in [6, 6.07) is 13.2. The second-order valence-electron chi connectivity index (χ2n) is 5.45. The Bertz CT molecular complexity index is 492. The highest BCUT2D eigenvalue weighted by Crippen LogP contribution is 2.16. The van der Waals surface area contributed by atoms with E-state index in [2.05, 4.69) is 41.9 Å². The van der Waals surface area contributed by atoms with Crippen LogP contribution in [0.25, 0.3) is 0 Å². The summed E-state index contributed by atoms with van der Waals surface area (Å²) in [5, 5.41) is 6.66. The van der Waals surface area contributed by atoms with Crippen molar-refractivity contribution >= 4 is 22.9 Å². The number of rotatable bonds is 9. The molecule has 114 valence electrons.